The minimum absolute atomic E-state index is 0.140. The van der Waals surface area contributed by atoms with Gasteiger partial charge in [0.1, 0.15) is 12.4 Å². The number of alkyl halides is 3. The second-order valence-corrected chi connectivity index (χ2v) is 4.49. The molecule has 118 valence electrons. The molecule has 1 heterocycles. The number of halogens is 3. The van der Waals surface area contributed by atoms with Gasteiger partial charge in [0.05, 0.1) is 12.1 Å². The average molecular weight is 313 g/mol. The second-order valence-electron chi connectivity index (χ2n) is 4.49. The molecule has 0 aliphatic heterocycles. The smallest absolute Gasteiger partial charge is 0.416 e. The molecule has 1 amide bonds. The topological polar surface area (TPSA) is 56.2 Å². The van der Waals surface area contributed by atoms with E-state index >= 15 is 0 Å². The van der Waals surface area contributed by atoms with Gasteiger partial charge >= 0.3 is 6.18 Å². The molecule has 0 spiro atoms. The highest BCUT2D eigenvalue weighted by Gasteiger charge is 2.29. The summed E-state index contributed by atoms with van der Waals surface area (Å²) < 4.78 is 44.0. The highest BCUT2D eigenvalue weighted by atomic mass is 19.4. The van der Waals surface area contributed by atoms with E-state index in [4.69, 9.17) is 4.74 Å². The van der Waals surface area contributed by atoms with Gasteiger partial charge in [-0.2, -0.15) is 13.2 Å². The monoisotopic (exact) mass is 313 g/mol. The first-order chi connectivity index (χ1) is 10.4. The summed E-state index contributed by atoms with van der Waals surface area (Å²) in [7, 11) is 1.70. The number of hydrogen-bond donors (Lipinski definition) is 1. The van der Waals surface area contributed by atoms with Gasteiger partial charge in [0.2, 0.25) is 0 Å². The van der Waals surface area contributed by atoms with Crippen LogP contribution in [0.1, 0.15) is 16.2 Å². The molecule has 2 aromatic rings. The normalized spacial score (nSPS) is 11.3. The van der Waals surface area contributed by atoms with Gasteiger partial charge in [0.15, 0.2) is 5.82 Å². The fourth-order valence-electron chi connectivity index (χ4n) is 1.74. The molecule has 0 radical (unpaired) electrons. The van der Waals surface area contributed by atoms with E-state index in [1.165, 1.54) is 18.3 Å². The summed E-state index contributed by atoms with van der Waals surface area (Å²) in [5.41, 5.74) is -0.733. The van der Waals surface area contributed by atoms with Crippen LogP contribution in [-0.2, 0) is 13.2 Å². The lowest BCUT2D eigenvalue weighted by Gasteiger charge is -2.09. The fourth-order valence-corrected chi connectivity index (χ4v) is 1.74. The molecule has 8 heteroatoms. The quantitative estimate of drug-likeness (QED) is 0.861. The van der Waals surface area contributed by atoms with Crippen molar-refractivity contribution in [2.75, 3.05) is 13.2 Å². The van der Waals surface area contributed by atoms with Crippen LogP contribution in [0.3, 0.4) is 0 Å². The lowest BCUT2D eigenvalue weighted by atomic mass is 10.2. The van der Waals surface area contributed by atoms with Gasteiger partial charge in [-0.15, -0.1) is 0 Å². The van der Waals surface area contributed by atoms with Crippen LogP contribution < -0.4 is 10.1 Å². The van der Waals surface area contributed by atoms with Gasteiger partial charge in [-0.05, 0) is 24.3 Å². The number of nitrogens with zero attached hydrogens (tertiary/aromatic N) is 2. The number of rotatable bonds is 5. The molecule has 1 N–H and O–H groups in total. The van der Waals surface area contributed by atoms with Gasteiger partial charge in [-0.25, -0.2) is 4.98 Å². The van der Waals surface area contributed by atoms with E-state index in [2.05, 4.69) is 10.3 Å². The number of carbonyl (C=O) groups excluding carboxylic acids is 1. The first kappa shape index (κ1) is 15.9. The second kappa shape index (κ2) is 6.50. The molecule has 0 saturated carbocycles. The number of amides is 1. The Bertz CT molecular complexity index is 636. The third-order valence-electron chi connectivity index (χ3n) is 2.86. The number of benzene rings is 1. The van der Waals surface area contributed by atoms with Crippen LogP contribution in [0.25, 0.3) is 0 Å². The van der Waals surface area contributed by atoms with Gasteiger partial charge in [0, 0.05) is 19.4 Å². The molecule has 2 rings (SSSR count). The average Bonchev–Trinajstić information content (AvgIpc) is 2.89. The maximum atomic E-state index is 12.4. The molecule has 0 unspecified atom stereocenters. The third-order valence-corrected chi connectivity index (χ3v) is 2.86. The van der Waals surface area contributed by atoms with Crippen molar-refractivity contribution >= 4 is 5.91 Å². The summed E-state index contributed by atoms with van der Waals surface area (Å²) in [5, 5.41) is 2.60. The van der Waals surface area contributed by atoms with Crippen molar-refractivity contribution in [3.05, 3.63) is 48.0 Å². The maximum absolute atomic E-state index is 12.4. The number of nitrogens with one attached hydrogen (secondary N) is 1. The van der Waals surface area contributed by atoms with Crippen molar-refractivity contribution in [3.8, 4) is 5.75 Å². The van der Waals surface area contributed by atoms with Crippen LogP contribution in [0.2, 0.25) is 0 Å². The van der Waals surface area contributed by atoms with Crippen LogP contribution in [0.15, 0.2) is 36.7 Å². The van der Waals surface area contributed by atoms with Crippen molar-refractivity contribution in [3.63, 3.8) is 0 Å². The molecule has 0 saturated heterocycles. The molecule has 0 atom stereocenters. The van der Waals surface area contributed by atoms with E-state index in [1.807, 2.05) is 0 Å². The Morgan fingerprint density at radius 1 is 1.32 bits per heavy atom. The van der Waals surface area contributed by atoms with Crippen molar-refractivity contribution < 1.29 is 22.7 Å². The molecule has 0 aliphatic carbocycles. The van der Waals surface area contributed by atoms with Crippen molar-refractivity contribution in [1.29, 1.82) is 0 Å². The Morgan fingerprint density at radius 3 is 2.55 bits per heavy atom. The van der Waals surface area contributed by atoms with Crippen LogP contribution >= 0.6 is 0 Å². The van der Waals surface area contributed by atoms with Crippen molar-refractivity contribution in [2.24, 2.45) is 7.05 Å². The molecule has 22 heavy (non-hydrogen) atoms. The molecule has 0 fully saturated rings. The van der Waals surface area contributed by atoms with Gasteiger partial charge in [-0.1, -0.05) is 0 Å². The van der Waals surface area contributed by atoms with Crippen LogP contribution in [-0.4, -0.2) is 28.6 Å². The molecule has 0 bridgehead atoms. The molecule has 0 aliphatic rings. The Hall–Kier alpha value is -2.51. The zero-order valence-electron chi connectivity index (χ0n) is 11.7. The minimum atomic E-state index is -4.37. The van der Waals surface area contributed by atoms with Crippen molar-refractivity contribution in [2.45, 2.75) is 6.18 Å². The SMILES string of the molecule is Cn1ccnc1C(=O)NCCOc1ccc(C(F)(F)F)cc1. The number of aryl methyl sites for hydroxylation is 1. The summed E-state index contributed by atoms with van der Waals surface area (Å²) in [6, 6.07) is 4.37. The Labute approximate surface area is 124 Å². The largest absolute Gasteiger partial charge is 0.492 e. The Kier molecular flexibility index (Phi) is 4.69. The number of hydrogen-bond acceptors (Lipinski definition) is 3. The Morgan fingerprint density at radius 2 is 2.00 bits per heavy atom. The minimum Gasteiger partial charge on any atom is -0.492 e. The van der Waals surface area contributed by atoms with Gasteiger partial charge in [0.25, 0.3) is 5.91 Å². The molecular weight excluding hydrogens is 299 g/mol. The number of ether oxygens (including phenoxy) is 1. The van der Waals surface area contributed by atoms with Crippen LogP contribution in [0.4, 0.5) is 13.2 Å². The summed E-state index contributed by atoms with van der Waals surface area (Å²) in [4.78, 5) is 15.6. The van der Waals surface area contributed by atoms with Crippen LogP contribution in [0, 0.1) is 0 Å². The van der Waals surface area contributed by atoms with Gasteiger partial charge < -0.3 is 14.6 Å². The van der Waals surface area contributed by atoms with Gasteiger partial charge in [-0.3, -0.25) is 4.79 Å². The highest BCUT2D eigenvalue weighted by molar-refractivity contribution is 5.90. The maximum Gasteiger partial charge on any atom is 0.416 e. The molecular formula is C14H14F3N3O2. The number of aromatic nitrogens is 2. The summed E-state index contributed by atoms with van der Waals surface area (Å²) in [6.45, 7) is 0.355. The fraction of sp³-hybridized carbons (Fsp3) is 0.286. The zero-order chi connectivity index (χ0) is 16.2. The molecule has 5 nitrogen and oxygen atoms in total. The van der Waals surface area contributed by atoms with Crippen LogP contribution in [0.5, 0.6) is 5.75 Å². The van der Waals surface area contributed by atoms with E-state index in [0.717, 1.165) is 12.1 Å². The van der Waals surface area contributed by atoms with E-state index < -0.39 is 11.7 Å². The highest BCUT2D eigenvalue weighted by Crippen LogP contribution is 2.30. The lowest BCUT2D eigenvalue weighted by molar-refractivity contribution is -0.137. The third kappa shape index (κ3) is 4.00. The summed E-state index contributed by atoms with van der Waals surface area (Å²) in [5.74, 6) is 0.234. The summed E-state index contributed by atoms with van der Waals surface area (Å²) in [6.07, 6.45) is -1.21. The van der Waals surface area contributed by atoms with Crippen molar-refractivity contribution in [1.82, 2.24) is 14.9 Å². The predicted molar refractivity (Wildman–Crippen MR) is 72.5 cm³/mol. The standard InChI is InChI=1S/C14H14F3N3O2/c1-20-8-6-18-12(20)13(21)19-7-9-22-11-4-2-10(3-5-11)14(15,16)17/h2-6,8H,7,9H2,1H3,(H,19,21). The van der Waals surface area contributed by atoms with E-state index in [9.17, 15) is 18.0 Å². The van der Waals surface area contributed by atoms with E-state index in [1.54, 1.807) is 17.8 Å². The number of imidazole rings is 1. The Balaban J connectivity index is 1.77. The number of carbonyl (C=O) groups is 1. The first-order valence-corrected chi connectivity index (χ1v) is 6.43. The molecule has 1 aromatic heterocycles. The lowest BCUT2D eigenvalue weighted by Crippen LogP contribution is -2.30. The first-order valence-electron chi connectivity index (χ1n) is 6.43. The zero-order valence-corrected chi connectivity index (χ0v) is 11.7. The molecule has 1 aromatic carbocycles. The summed E-state index contributed by atoms with van der Waals surface area (Å²) >= 11 is 0. The van der Waals surface area contributed by atoms with E-state index in [0.29, 0.717) is 5.75 Å². The van der Waals surface area contributed by atoms with E-state index in [-0.39, 0.29) is 24.9 Å². The predicted octanol–water partition coefficient (Wildman–Crippen LogP) is 2.25.